The Morgan fingerprint density at radius 1 is 1.30 bits per heavy atom. The maximum absolute atomic E-state index is 12.2. The van der Waals surface area contributed by atoms with Crippen LogP contribution in [0.4, 0.5) is 0 Å². The highest BCUT2D eigenvalue weighted by molar-refractivity contribution is 5.99. The molecule has 0 unspecified atom stereocenters. The fourth-order valence-electron chi connectivity index (χ4n) is 1.93. The molecule has 7 nitrogen and oxygen atoms in total. The van der Waals surface area contributed by atoms with E-state index in [0.29, 0.717) is 12.1 Å². The van der Waals surface area contributed by atoms with Crippen LogP contribution >= 0.6 is 0 Å². The van der Waals surface area contributed by atoms with Gasteiger partial charge in [-0.05, 0) is 12.3 Å². The standard InChI is InChI=1S/C13H16N4O3/c1-8(2)7-9(13(19)20)16-12(18)10-11-15-4-6-17(11)5-3-14-10/h3-6,8-9H,7H2,1-2H3,(H,16,18)(H,19,20)/t9-/m0/s1. The molecular weight excluding hydrogens is 260 g/mol. The molecule has 1 amide bonds. The molecule has 0 aliphatic carbocycles. The summed E-state index contributed by atoms with van der Waals surface area (Å²) >= 11 is 0. The van der Waals surface area contributed by atoms with Crippen LogP contribution in [0.15, 0.2) is 24.8 Å². The number of aromatic nitrogens is 3. The highest BCUT2D eigenvalue weighted by Gasteiger charge is 2.23. The van der Waals surface area contributed by atoms with Crippen molar-refractivity contribution in [3.05, 3.63) is 30.5 Å². The van der Waals surface area contributed by atoms with Crippen LogP contribution in [0.2, 0.25) is 0 Å². The summed E-state index contributed by atoms with van der Waals surface area (Å²) in [6, 6.07) is -0.931. The van der Waals surface area contributed by atoms with Crippen molar-refractivity contribution in [1.82, 2.24) is 19.7 Å². The Balaban J connectivity index is 2.22. The van der Waals surface area contributed by atoms with Crippen LogP contribution in [-0.4, -0.2) is 37.4 Å². The molecule has 2 rings (SSSR count). The zero-order valence-corrected chi connectivity index (χ0v) is 11.3. The zero-order chi connectivity index (χ0) is 14.7. The highest BCUT2D eigenvalue weighted by atomic mass is 16.4. The Morgan fingerprint density at radius 3 is 2.55 bits per heavy atom. The smallest absolute Gasteiger partial charge is 0.326 e. The summed E-state index contributed by atoms with van der Waals surface area (Å²) in [5.74, 6) is -1.43. The van der Waals surface area contributed by atoms with Crippen molar-refractivity contribution in [1.29, 1.82) is 0 Å². The summed E-state index contributed by atoms with van der Waals surface area (Å²) in [6.07, 6.45) is 6.75. The number of amides is 1. The van der Waals surface area contributed by atoms with Gasteiger partial charge >= 0.3 is 5.97 Å². The molecular formula is C13H16N4O3. The van der Waals surface area contributed by atoms with Gasteiger partial charge in [0.05, 0.1) is 0 Å². The van der Waals surface area contributed by atoms with Gasteiger partial charge in [-0.15, -0.1) is 0 Å². The molecule has 0 aromatic carbocycles. The van der Waals surface area contributed by atoms with Gasteiger partial charge in [-0.3, -0.25) is 4.79 Å². The lowest BCUT2D eigenvalue weighted by Gasteiger charge is -2.16. The van der Waals surface area contributed by atoms with E-state index in [1.54, 1.807) is 23.0 Å². The molecule has 0 aliphatic heterocycles. The summed E-state index contributed by atoms with van der Waals surface area (Å²) in [5.41, 5.74) is 0.520. The van der Waals surface area contributed by atoms with Crippen molar-refractivity contribution in [3.63, 3.8) is 0 Å². The lowest BCUT2D eigenvalue weighted by molar-refractivity contribution is -0.139. The molecule has 2 aromatic rings. The van der Waals surface area contributed by atoms with Crippen LogP contribution in [0.3, 0.4) is 0 Å². The molecule has 0 radical (unpaired) electrons. The molecule has 0 saturated carbocycles. The lowest BCUT2D eigenvalue weighted by Crippen LogP contribution is -2.42. The molecule has 0 aliphatic rings. The number of rotatable bonds is 5. The van der Waals surface area contributed by atoms with Gasteiger partial charge in [0.25, 0.3) is 5.91 Å². The normalized spacial score (nSPS) is 12.6. The number of nitrogens with zero attached hydrogens (tertiary/aromatic N) is 3. The molecule has 0 fully saturated rings. The summed E-state index contributed by atoms with van der Waals surface area (Å²) in [6.45, 7) is 3.80. The molecule has 0 bridgehead atoms. The fourth-order valence-corrected chi connectivity index (χ4v) is 1.93. The van der Waals surface area contributed by atoms with Gasteiger partial charge in [0.1, 0.15) is 6.04 Å². The van der Waals surface area contributed by atoms with Gasteiger partial charge in [0.2, 0.25) is 0 Å². The molecule has 7 heteroatoms. The fraction of sp³-hybridized carbons (Fsp3) is 0.385. The van der Waals surface area contributed by atoms with Crippen molar-refractivity contribution >= 4 is 17.5 Å². The van der Waals surface area contributed by atoms with Gasteiger partial charge in [0.15, 0.2) is 11.3 Å². The van der Waals surface area contributed by atoms with E-state index in [4.69, 9.17) is 5.11 Å². The number of aliphatic carboxylic acids is 1. The Morgan fingerprint density at radius 2 is 1.95 bits per heavy atom. The molecule has 20 heavy (non-hydrogen) atoms. The third-order valence-corrected chi connectivity index (χ3v) is 2.84. The Labute approximate surface area is 115 Å². The summed E-state index contributed by atoms with van der Waals surface area (Å²) in [7, 11) is 0. The summed E-state index contributed by atoms with van der Waals surface area (Å²) in [4.78, 5) is 31.3. The minimum atomic E-state index is -1.05. The number of hydrogen-bond acceptors (Lipinski definition) is 4. The third-order valence-electron chi connectivity index (χ3n) is 2.84. The number of carbonyl (C=O) groups excluding carboxylic acids is 1. The van der Waals surface area contributed by atoms with E-state index in [0.717, 1.165) is 0 Å². The number of imidazole rings is 1. The predicted molar refractivity (Wildman–Crippen MR) is 71.3 cm³/mol. The van der Waals surface area contributed by atoms with Crippen molar-refractivity contribution in [3.8, 4) is 0 Å². The second-order valence-electron chi connectivity index (χ2n) is 4.93. The molecule has 0 saturated heterocycles. The average Bonchev–Trinajstić information content (AvgIpc) is 2.84. The SMILES string of the molecule is CC(C)C[C@H](NC(=O)c1nccn2ccnc12)C(=O)O. The van der Waals surface area contributed by atoms with Crippen molar-refractivity contribution in [2.24, 2.45) is 5.92 Å². The number of fused-ring (bicyclic) bond motifs is 1. The first-order chi connectivity index (χ1) is 9.49. The Kier molecular flexibility index (Phi) is 3.97. The molecule has 106 valence electrons. The topological polar surface area (TPSA) is 96.6 Å². The van der Waals surface area contributed by atoms with Gasteiger partial charge in [-0.1, -0.05) is 13.8 Å². The second-order valence-corrected chi connectivity index (χ2v) is 4.93. The Bertz CT molecular complexity index is 635. The van der Waals surface area contributed by atoms with Crippen LogP contribution in [0, 0.1) is 5.92 Å². The molecule has 2 heterocycles. The first-order valence-electron chi connectivity index (χ1n) is 6.30. The van der Waals surface area contributed by atoms with Crippen LogP contribution in [0.25, 0.3) is 5.65 Å². The van der Waals surface area contributed by atoms with Gasteiger partial charge < -0.3 is 14.8 Å². The van der Waals surface area contributed by atoms with Crippen molar-refractivity contribution in [2.75, 3.05) is 0 Å². The minimum absolute atomic E-state index is 0.118. The van der Waals surface area contributed by atoms with E-state index >= 15 is 0 Å². The first kappa shape index (κ1) is 14.0. The van der Waals surface area contributed by atoms with E-state index in [9.17, 15) is 9.59 Å². The number of carbonyl (C=O) groups is 2. The van der Waals surface area contributed by atoms with Crippen LogP contribution in [0.1, 0.15) is 30.8 Å². The molecule has 1 atom stereocenters. The number of carboxylic acid groups (broad SMARTS) is 1. The number of nitrogens with one attached hydrogen (secondary N) is 1. The van der Waals surface area contributed by atoms with Crippen LogP contribution in [0.5, 0.6) is 0 Å². The molecule has 2 aromatic heterocycles. The largest absolute Gasteiger partial charge is 0.480 e. The van der Waals surface area contributed by atoms with Crippen molar-refractivity contribution < 1.29 is 14.7 Å². The zero-order valence-electron chi connectivity index (χ0n) is 11.3. The van der Waals surface area contributed by atoms with Crippen LogP contribution in [-0.2, 0) is 4.79 Å². The minimum Gasteiger partial charge on any atom is -0.480 e. The van der Waals surface area contributed by atoms with E-state index in [-0.39, 0.29) is 11.6 Å². The second kappa shape index (κ2) is 5.68. The maximum atomic E-state index is 12.2. The van der Waals surface area contributed by atoms with Crippen LogP contribution < -0.4 is 5.32 Å². The summed E-state index contributed by atoms with van der Waals surface area (Å²) in [5, 5.41) is 11.6. The number of carboxylic acids is 1. The van der Waals surface area contributed by atoms with E-state index < -0.39 is 17.9 Å². The summed E-state index contributed by atoms with van der Waals surface area (Å²) < 4.78 is 1.65. The maximum Gasteiger partial charge on any atom is 0.326 e. The quantitative estimate of drug-likeness (QED) is 0.847. The molecule has 2 N–H and O–H groups in total. The Hall–Kier alpha value is -2.44. The van der Waals surface area contributed by atoms with Crippen molar-refractivity contribution in [2.45, 2.75) is 26.3 Å². The first-order valence-corrected chi connectivity index (χ1v) is 6.30. The number of hydrogen-bond donors (Lipinski definition) is 2. The third kappa shape index (κ3) is 2.93. The monoisotopic (exact) mass is 276 g/mol. The van der Waals surface area contributed by atoms with E-state index in [1.165, 1.54) is 6.20 Å². The van der Waals surface area contributed by atoms with Gasteiger partial charge in [-0.2, -0.15) is 0 Å². The lowest BCUT2D eigenvalue weighted by atomic mass is 10.0. The average molecular weight is 276 g/mol. The van der Waals surface area contributed by atoms with E-state index in [1.807, 2.05) is 13.8 Å². The van der Waals surface area contributed by atoms with E-state index in [2.05, 4.69) is 15.3 Å². The predicted octanol–water partition coefficient (Wildman–Crippen LogP) is 0.958. The highest BCUT2D eigenvalue weighted by Crippen LogP contribution is 2.08. The molecule has 0 spiro atoms. The van der Waals surface area contributed by atoms with Gasteiger partial charge in [0, 0.05) is 24.8 Å². The van der Waals surface area contributed by atoms with Gasteiger partial charge in [-0.25, -0.2) is 14.8 Å².